The zero-order valence-corrected chi connectivity index (χ0v) is 13.8. The molecule has 1 aromatic carbocycles. The fourth-order valence-electron chi connectivity index (χ4n) is 3.27. The van der Waals surface area contributed by atoms with Crippen molar-refractivity contribution in [1.82, 2.24) is 4.90 Å². The zero-order valence-electron chi connectivity index (χ0n) is 13.8. The molecule has 1 aliphatic heterocycles. The van der Waals surface area contributed by atoms with Gasteiger partial charge in [0.05, 0.1) is 17.9 Å². The molecule has 0 unspecified atom stereocenters. The number of hydrogen-bond acceptors (Lipinski definition) is 2. The summed E-state index contributed by atoms with van der Waals surface area (Å²) in [6, 6.07) is 4.82. The topological polar surface area (TPSA) is 40.5 Å². The minimum atomic E-state index is -4.64. The number of carboxylic acids is 1. The first-order valence-electron chi connectivity index (χ1n) is 8.15. The fraction of sp³-hybridized carbons (Fsp3) is 0.588. The Bertz CT molecular complexity index is 628. The number of piperidine rings is 1. The van der Waals surface area contributed by atoms with Gasteiger partial charge >= 0.3 is 18.3 Å². The van der Waals surface area contributed by atoms with Crippen LogP contribution in [0.4, 0.5) is 26.3 Å². The van der Waals surface area contributed by atoms with Gasteiger partial charge in [0.15, 0.2) is 0 Å². The molecule has 2 rings (SSSR count). The molecule has 3 nitrogen and oxygen atoms in total. The number of rotatable bonds is 5. The summed E-state index contributed by atoms with van der Waals surface area (Å²) in [5.41, 5.74) is -0.350. The zero-order chi connectivity index (χ0) is 19.5. The van der Waals surface area contributed by atoms with Crippen molar-refractivity contribution in [1.29, 1.82) is 0 Å². The summed E-state index contributed by atoms with van der Waals surface area (Å²) in [5, 5.41) is 8.69. The molecule has 0 aromatic heterocycles. The second-order valence-electron chi connectivity index (χ2n) is 6.56. The lowest BCUT2D eigenvalue weighted by Gasteiger charge is -2.35. The molecule has 1 N–H and O–H groups in total. The molecule has 0 bridgehead atoms. The third kappa shape index (κ3) is 5.62. The molecule has 1 aromatic rings. The Kier molecular flexibility index (Phi) is 6.21. The van der Waals surface area contributed by atoms with E-state index in [1.54, 1.807) is 6.07 Å². The highest BCUT2D eigenvalue weighted by atomic mass is 19.4. The van der Waals surface area contributed by atoms with Gasteiger partial charge in [-0.25, -0.2) is 0 Å². The lowest BCUT2D eigenvalue weighted by molar-refractivity contribution is -0.187. The van der Waals surface area contributed by atoms with E-state index in [0.29, 0.717) is 24.9 Å². The van der Waals surface area contributed by atoms with Crippen LogP contribution >= 0.6 is 0 Å². The van der Waals surface area contributed by atoms with E-state index < -0.39 is 42.8 Å². The van der Waals surface area contributed by atoms with E-state index in [1.165, 1.54) is 11.0 Å². The highest BCUT2D eigenvalue weighted by Gasteiger charge is 2.42. The first kappa shape index (κ1) is 20.5. The van der Waals surface area contributed by atoms with E-state index in [9.17, 15) is 31.1 Å². The molecular weight excluding hydrogens is 364 g/mol. The van der Waals surface area contributed by atoms with Gasteiger partial charge < -0.3 is 10.0 Å². The quantitative estimate of drug-likeness (QED) is 0.759. The Morgan fingerprint density at radius 2 is 1.92 bits per heavy atom. The minimum absolute atomic E-state index is 0.174. The Balaban J connectivity index is 2.10. The molecule has 0 radical (unpaired) electrons. The van der Waals surface area contributed by atoms with Crippen LogP contribution in [0.2, 0.25) is 0 Å². The predicted octanol–water partition coefficient (Wildman–Crippen LogP) is 4.54. The maximum atomic E-state index is 13.0. The molecule has 1 fully saturated rings. The van der Waals surface area contributed by atoms with Crippen molar-refractivity contribution in [3.63, 3.8) is 0 Å². The van der Waals surface area contributed by atoms with Crippen molar-refractivity contribution < 1.29 is 36.2 Å². The summed E-state index contributed by atoms with van der Waals surface area (Å²) in [6.07, 6.45) is -9.02. The molecule has 0 aliphatic carbocycles. The Labute approximate surface area is 146 Å². The highest BCUT2D eigenvalue weighted by Crippen LogP contribution is 2.35. The van der Waals surface area contributed by atoms with Crippen molar-refractivity contribution >= 4 is 5.97 Å². The second-order valence-corrected chi connectivity index (χ2v) is 6.56. The van der Waals surface area contributed by atoms with Crippen molar-refractivity contribution in [2.24, 2.45) is 5.92 Å². The summed E-state index contributed by atoms with van der Waals surface area (Å²) in [7, 11) is 0. The third-order valence-electron chi connectivity index (χ3n) is 4.55. The second kappa shape index (κ2) is 7.85. The van der Waals surface area contributed by atoms with E-state index in [-0.39, 0.29) is 12.5 Å². The lowest BCUT2D eigenvalue weighted by atomic mass is 9.89. The monoisotopic (exact) mass is 383 g/mol. The van der Waals surface area contributed by atoms with Gasteiger partial charge in [0, 0.05) is 13.1 Å². The summed E-state index contributed by atoms with van der Waals surface area (Å²) >= 11 is 0. The molecule has 9 heteroatoms. The minimum Gasteiger partial charge on any atom is -0.481 e. The van der Waals surface area contributed by atoms with Crippen LogP contribution in [-0.4, -0.2) is 41.8 Å². The number of halogens is 6. The van der Waals surface area contributed by atoms with Crippen molar-refractivity contribution in [3.8, 4) is 0 Å². The Morgan fingerprint density at radius 3 is 2.50 bits per heavy atom. The molecule has 1 saturated heterocycles. The molecule has 0 spiro atoms. The Morgan fingerprint density at radius 1 is 1.23 bits per heavy atom. The van der Waals surface area contributed by atoms with E-state index in [0.717, 1.165) is 12.1 Å². The maximum absolute atomic E-state index is 13.0. The van der Waals surface area contributed by atoms with Crippen molar-refractivity contribution in [2.45, 2.75) is 37.5 Å². The summed E-state index contributed by atoms with van der Waals surface area (Å²) in [6.45, 7) is 0.0699. The van der Waals surface area contributed by atoms with Gasteiger partial charge in [-0.15, -0.1) is 0 Å². The lowest BCUT2D eigenvalue weighted by Crippen LogP contribution is -2.42. The fourth-order valence-corrected chi connectivity index (χ4v) is 3.27. The molecular formula is C17H19F6NO2. The van der Waals surface area contributed by atoms with Gasteiger partial charge in [0.25, 0.3) is 0 Å². The number of likely N-dealkylation sites (tertiary alicyclic amines) is 1. The first-order chi connectivity index (χ1) is 12.0. The summed E-state index contributed by atoms with van der Waals surface area (Å²) < 4.78 is 77.6. The molecule has 2 atom stereocenters. The molecule has 0 amide bonds. The van der Waals surface area contributed by atoms with Crippen LogP contribution in [0, 0.1) is 5.92 Å². The highest BCUT2D eigenvalue weighted by molar-refractivity contribution is 5.67. The number of nitrogens with zero attached hydrogens (tertiary/aromatic N) is 1. The average molecular weight is 383 g/mol. The standard InChI is InChI=1S/C17H19F6NO2/c18-16(19,20)13-5-1-3-11(7-13)12-4-2-6-24(9-12)10-14(8-15(25)26)17(21,22)23/h1,3,5,7,12,14H,2,4,6,8-10H2,(H,25,26)/t12-,14-/m1/s1. The van der Waals surface area contributed by atoms with Gasteiger partial charge in [-0.2, -0.15) is 26.3 Å². The van der Waals surface area contributed by atoms with Gasteiger partial charge in [-0.1, -0.05) is 18.2 Å². The number of alkyl halides is 6. The smallest absolute Gasteiger partial charge is 0.416 e. The number of carboxylic acid groups (broad SMARTS) is 1. The molecule has 146 valence electrons. The van der Waals surface area contributed by atoms with Crippen molar-refractivity contribution in [2.75, 3.05) is 19.6 Å². The third-order valence-corrected chi connectivity index (χ3v) is 4.55. The average Bonchev–Trinajstić information content (AvgIpc) is 2.53. The van der Waals surface area contributed by atoms with E-state index >= 15 is 0 Å². The van der Waals surface area contributed by atoms with E-state index in [2.05, 4.69) is 0 Å². The van der Waals surface area contributed by atoms with Crippen LogP contribution < -0.4 is 0 Å². The van der Waals surface area contributed by atoms with Crippen molar-refractivity contribution in [3.05, 3.63) is 35.4 Å². The van der Waals surface area contributed by atoms with Gasteiger partial charge in [0.1, 0.15) is 0 Å². The Hall–Kier alpha value is -1.77. The predicted molar refractivity (Wildman–Crippen MR) is 81.7 cm³/mol. The van der Waals surface area contributed by atoms with Gasteiger partial charge in [0.2, 0.25) is 0 Å². The van der Waals surface area contributed by atoms with Crippen LogP contribution in [0.15, 0.2) is 24.3 Å². The normalized spacial score (nSPS) is 20.8. The first-order valence-corrected chi connectivity index (χ1v) is 8.15. The van der Waals surface area contributed by atoms with Crippen LogP contribution in [-0.2, 0) is 11.0 Å². The van der Waals surface area contributed by atoms with Crippen LogP contribution in [0.3, 0.4) is 0 Å². The molecule has 0 saturated carbocycles. The molecule has 1 heterocycles. The SMILES string of the molecule is O=C(O)C[C@H](CN1CCC[C@@H](c2cccc(C(F)(F)F)c2)C1)C(F)(F)F. The van der Waals surface area contributed by atoms with Gasteiger partial charge in [-0.3, -0.25) is 4.79 Å². The number of hydrogen-bond donors (Lipinski definition) is 1. The maximum Gasteiger partial charge on any atom is 0.416 e. The molecule has 26 heavy (non-hydrogen) atoms. The van der Waals surface area contributed by atoms with Gasteiger partial charge in [-0.05, 0) is 36.9 Å². The van der Waals surface area contributed by atoms with E-state index in [4.69, 9.17) is 5.11 Å². The van der Waals surface area contributed by atoms with Crippen LogP contribution in [0.1, 0.15) is 36.3 Å². The number of aliphatic carboxylic acids is 1. The number of carbonyl (C=O) groups is 1. The summed E-state index contributed by atoms with van der Waals surface area (Å²) in [4.78, 5) is 12.2. The number of benzene rings is 1. The van der Waals surface area contributed by atoms with E-state index in [1.807, 2.05) is 0 Å². The summed E-state index contributed by atoms with van der Waals surface area (Å²) in [5.74, 6) is -3.84. The molecule has 1 aliphatic rings. The largest absolute Gasteiger partial charge is 0.481 e. The van der Waals surface area contributed by atoms with Crippen LogP contribution in [0.5, 0.6) is 0 Å². The van der Waals surface area contributed by atoms with Crippen LogP contribution in [0.25, 0.3) is 0 Å².